The minimum absolute atomic E-state index is 0.0231. The summed E-state index contributed by atoms with van der Waals surface area (Å²) in [6, 6.07) is 14.9. The quantitative estimate of drug-likeness (QED) is 0.236. The van der Waals surface area contributed by atoms with Crippen molar-refractivity contribution in [3.63, 3.8) is 0 Å². The van der Waals surface area contributed by atoms with Gasteiger partial charge >= 0.3 is 0 Å². The zero-order chi connectivity index (χ0) is 20.6. The second-order valence-corrected chi connectivity index (χ2v) is 5.66. The fraction of sp³-hybridized carbons (Fsp3) is 0. The Morgan fingerprint density at radius 1 is 0.931 bits per heavy atom. The van der Waals surface area contributed by atoms with Gasteiger partial charge in [0.1, 0.15) is 11.6 Å². The lowest BCUT2D eigenvalue weighted by atomic mass is 10.2. The molecule has 2 heterocycles. The molecule has 2 aromatic heterocycles. The number of oxime groups is 1. The van der Waals surface area contributed by atoms with Crippen molar-refractivity contribution in [1.29, 1.82) is 0 Å². The summed E-state index contributed by atoms with van der Waals surface area (Å²) < 4.78 is 30.3. The summed E-state index contributed by atoms with van der Waals surface area (Å²) in [6.07, 6.45) is 3.31. The Morgan fingerprint density at radius 3 is 2.17 bits per heavy atom. The van der Waals surface area contributed by atoms with Crippen LogP contribution in [0.4, 0.5) is 8.78 Å². The highest BCUT2D eigenvalue weighted by Crippen LogP contribution is 2.21. The number of nitrogens with two attached hydrogens (primary N) is 1. The second kappa shape index (κ2) is 9.18. The molecule has 7 nitrogen and oxygen atoms in total. The fourth-order valence-electron chi connectivity index (χ4n) is 2.22. The maximum atomic E-state index is 12.8. The number of hydrogen-bond donors (Lipinski definition) is 2. The molecule has 3 N–H and O–H groups in total. The van der Waals surface area contributed by atoms with Crippen molar-refractivity contribution in [2.24, 2.45) is 10.9 Å². The largest absolute Gasteiger partial charge is 0.409 e. The van der Waals surface area contributed by atoms with Crippen molar-refractivity contribution in [3.8, 4) is 22.8 Å². The van der Waals surface area contributed by atoms with Gasteiger partial charge in [-0.1, -0.05) is 10.3 Å². The topological polar surface area (TPSA) is 110 Å². The van der Waals surface area contributed by atoms with Crippen LogP contribution in [0, 0.1) is 11.6 Å². The summed E-state index contributed by atoms with van der Waals surface area (Å²) in [5.41, 5.74) is 7.17. The third kappa shape index (κ3) is 5.19. The van der Waals surface area contributed by atoms with Gasteiger partial charge in [0.25, 0.3) is 5.89 Å². The number of hydrogen-bond acceptors (Lipinski definition) is 6. The van der Waals surface area contributed by atoms with Crippen molar-refractivity contribution >= 4 is 5.84 Å². The first-order valence-corrected chi connectivity index (χ1v) is 8.30. The highest BCUT2D eigenvalue weighted by atomic mass is 19.1. The van der Waals surface area contributed by atoms with Crippen LogP contribution in [0.25, 0.3) is 22.8 Å². The molecule has 0 saturated heterocycles. The van der Waals surface area contributed by atoms with Gasteiger partial charge in [-0.2, -0.15) is 4.98 Å². The van der Waals surface area contributed by atoms with Crippen LogP contribution < -0.4 is 5.73 Å². The first-order chi connectivity index (χ1) is 14.1. The van der Waals surface area contributed by atoms with E-state index in [0.717, 1.165) is 5.56 Å². The smallest absolute Gasteiger partial charge is 0.259 e. The van der Waals surface area contributed by atoms with E-state index < -0.39 is 0 Å². The molecule has 0 saturated carbocycles. The van der Waals surface area contributed by atoms with Crippen molar-refractivity contribution in [3.05, 3.63) is 90.3 Å². The Labute approximate surface area is 164 Å². The zero-order valence-electron chi connectivity index (χ0n) is 14.9. The molecule has 0 fully saturated rings. The van der Waals surface area contributed by atoms with Gasteiger partial charge in [0.05, 0.1) is 5.56 Å². The molecule has 0 amide bonds. The number of nitrogens with zero attached hydrogens (tertiary/aromatic N) is 4. The maximum Gasteiger partial charge on any atom is 0.259 e. The van der Waals surface area contributed by atoms with Crippen LogP contribution in [-0.4, -0.2) is 26.2 Å². The number of amidine groups is 1. The lowest BCUT2D eigenvalue weighted by Crippen LogP contribution is -2.12. The SMILES string of the molecule is Fc1ccc(-c2noc(-c3cccnc3)n2)cc1.N/C(=N\O)c1ccc(F)cc1. The Morgan fingerprint density at radius 2 is 1.59 bits per heavy atom. The number of aromatic nitrogens is 3. The maximum absolute atomic E-state index is 12.8. The third-order valence-corrected chi connectivity index (χ3v) is 3.68. The van der Waals surface area contributed by atoms with E-state index in [1.807, 2.05) is 6.07 Å². The van der Waals surface area contributed by atoms with E-state index >= 15 is 0 Å². The van der Waals surface area contributed by atoms with E-state index in [0.29, 0.717) is 22.8 Å². The number of pyridine rings is 1. The average Bonchev–Trinajstić information content (AvgIpc) is 3.26. The molecule has 0 unspecified atom stereocenters. The highest BCUT2D eigenvalue weighted by molar-refractivity contribution is 5.96. The Kier molecular flexibility index (Phi) is 6.21. The Hall–Kier alpha value is -4.14. The van der Waals surface area contributed by atoms with Gasteiger partial charge in [-0.15, -0.1) is 0 Å². The zero-order valence-corrected chi connectivity index (χ0v) is 14.9. The van der Waals surface area contributed by atoms with Gasteiger partial charge in [0, 0.05) is 23.5 Å². The van der Waals surface area contributed by atoms with Crippen molar-refractivity contribution in [2.45, 2.75) is 0 Å². The first-order valence-electron chi connectivity index (χ1n) is 8.30. The van der Waals surface area contributed by atoms with E-state index in [1.54, 1.807) is 30.6 Å². The highest BCUT2D eigenvalue weighted by Gasteiger charge is 2.10. The van der Waals surface area contributed by atoms with E-state index in [1.165, 1.54) is 36.4 Å². The molecule has 0 aliphatic heterocycles. The molecule has 0 radical (unpaired) electrons. The summed E-state index contributed by atoms with van der Waals surface area (Å²) >= 11 is 0. The third-order valence-electron chi connectivity index (χ3n) is 3.68. The van der Waals surface area contributed by atoms with Gasteiger partial charge in [-0.3, -0.25) is 4.98 Å². The molecule has 4 aromatic rings. The summed E-state index contributed by atoms with van der Waals surface area (Å²) in [4.78, 5) is 8.22. The first kappa shape index (κ1) is 19.6. The molecule has 0 atom stereocenters. The molecule has 4 rings (SSSR count). The van der Waals surface area contributed by atoms with Crippen molar-refractivity contribution in [1.82, 2.24) is 15.1 Å². The van der Waals surface area contributed by atoms with E-state index in [2.05, 4.69) is 20.3 Å². The van der Waals surface area contributed by atoms with Crippen LogP contribution >= 0.6 is 0 Å². The van der Waals surface area contributed by atoms with Crippen molar-refractivity contribution < 1.29 is 18.5 Å². The van der Waals surface area contributed by atoms with Crippen LogP contribution in [-0.2, 0) is 0 Å². The van der Waals surface area contributed by atoms with E-state index in [4.69, 9.17) is 15.5 Å². The van der Waals surface area contributed by atoms with Gasteiger partial charge < -0.3 is 15.5 Å². The van der Waals surface area contributed by atoms with Gasteiger partial charge in [0.2, 0.25) is 5.82 Å². The molecule has 0 spiro atoms. The monoisotopic (exact) mass is 395 g/mol. The summed E-state index contributed by atoms with van der Waals surface area (Å²) in [7, 11) is 0. The average molecular weight is 395 g/mol. The van der Waals surface area contributed by atoms with Crippen LogP contribution in [0.3, 0.4) is 0 Å². The van der Waals surface area contributed by atoms with Crippen LogP contribution in [0.1, 0.15) is 5.56 Å². The summed E-state index contributed by atoms with van der Waals surface area (Å²) in [5.74, 6) is 0.149. The predicted molar refractivity (Wildman–Crippen MR) is 102 cm³/mol. The predicted octanol–water partition coefficient (Wildman–Crippen LogP) is 3.86. The molecule has 0 bridgehead atoms. The van der Waals surface area contributed by atoms with Gasteiger partial charge in [0.15, 0.2) is 5.84 Å². The van der Waals surface area contributed by atoms with E-state index in [-0.39, 0.29) is 17.5 Å². The summed E-state index contributed by atoms with van der Waals surface area (Å²) in [5, 5.41) is 14.8. The Balaban J connectivity index is 0.000000188. The number of rotatable bonds is 3. The molecule has 0 aliphatic rings. The number of benzene rings is 2. The summed E-state index contributed by atoms with van der Waals surface area (Å²) in [6.45, 7) is 0. The normalized spacial score (nSPS) is 10.9. The minimum atomic E-state index is -0.348. The molecule has 0 aliphatic carbocycles. The molecular formula is C20H15F2N5O2. The van der Waals surface area contributed by atoms with Gasteiger partial charge in [-0.05, 0) is 60.7 Å². The minimum Gasteiger partial charge on any atom is -0.409 e. The number of halogens is 2. The lowest BCUT2D eigenvalue weighted by Gasteiger charge is -1.95. The van der Waals surface area contributed by atoms with Crippen LogP contribution in [0.15, 0.2) is 82.7 Å². The van der Waals surface area contributed by atoms with Crippen LogP contribution in [0.5, 0.6) is 0 Å². The van der Waals surface area contributed by atoms with E-state index in [9.17, 15) is 8.78 Å². The van der Waals surface area contributed by atoms with Gasteiger partial charge in [-0.25, -0.2) is 8.78 Å². The molecule has 29 heavy (non-hydrogen) atoms. The van der Waals surface area contributed by atoms with Crippen molar-refractivity contribution in [2.75, 3.05) is 0 Å². The fourth-order valence-corrected chi connectivity index (χ4v) is 2.22. The Bertz CT molecular complexity index is 1080. The standard InChI is InChI=1S/C13H8FN3O.C7H7FN2O/c14-11-5-3-9(4-6-11)12-16-13(18-17-12)10-2-1-7-15-8-10;8-6-3-1-5(2-4-6)7(9)10-11/h1-8H;1-4,11H,(H2,9,10). The second-order valence-electron chi connectivity index (χ2n) is 5.66. The molecule has 146 valence electrons. The van der Waals surface area contributed by atoms with Crippen LogP contribution in [0.2, 0.25) is 0 Å². The molecular weight excluding hydrogens is 380 g/mol. The molecule has 2 aromatic carbocycles. The molecule has 9 heteroatoms. The lowest BCUT2D eigenvalue weighted by molar-refractivity contribution is 0.318.